The Morgan fingerprint density at radius 3 is 2.44 bits per heavy atom. The maximum atomic E-state index is 8.49. The minimum atomic E-state index is 0.118. The second-order valence-electron chi connectivity index (χ2n) is 6.26. The highest BCUT2D eigenvalue weighted by Crippen LogP contribution is 2.51. The first kappa shape index (κ1) is 13.4. The van der Waals surface area contributed by atoms with E-state index >= 15 is 0 Å². The first-order valence-electron chi connectivity index (χ1n) is 6.45. The molecule has 0 heterocycles. The lowest BCUT2D eigenvalue weighted by molar-refractivity contribution is 0.0619. The highest BCUT2D eigenvalue weighted by Gasteiger charge is 2.41. The van der Waals surface area contributed by atoms with Gasteiger partial charge in [-0.2, -0.15) is 0 Å². The fourth-order valence-corrected chi connectivity index (χ4v) is 3.06. The molecule has 0 radical (unpaired) electrons. The summed E-state index contributed by atoms with van der Waals surface area (Å²) in [7, 11) is 0. The predicted molar refractivity (Wildman–Crippen MR) is 68.2 cm³/mol. The van der Waals surface area contributed by atoms with Crippen LogP contribution in [0.2, 0.25) is 0 Å². The normalized spacial score (nSPS) is 31.2. The Morgan fingerprint density at radius 1 is 1.19 bits per heavy atom. The highest BCUT2D eigenvalue weighted by atomic mass is 15.1. The van der Waals surface area contributed by atoms with Crippen molar-refractivity contribution >= 4 is 0 Å². The van der Waals surface area contributed by atoms with Crippen molar-refractivity contribution in [2.75, 3.05) is 0 Å². The largest absolute Gasteiger partial charge is 0.0909 e. The zero-order valence-electron chi connectivity index (χ0n) is 11.2. The van der Waals surface area contributed by atoms with Crippen molar-refractivity contribution in [3.63, 3.8) is 0 Å². The first-order valence-corrected chi connectivity index (χ1v) is 6.45. The fourth-order valence-electron chi connectivity index (χ4n) is 3.06. The topological polar surface area (TPSA) is 48.8 Å². The van der Waals surface area contributed by atoms with Crippen molar-refractivity contribution < 1.29 is 0 Å². The molecule has 1 saturated carbocycles. The van der Waals surface area contributed by atoms with Crippen LogP contribution in [0.15, 0.2) is 5.11 Å². The number of rotatable bonds is 3. The Hall–Kier alpha value is -0.690. The number of hydrogen-bond acceptors (Lipinski definition) is 1. The molecular weight excluding hydrogens is 198 g/mol. The van der Waals surface area contributed by atoms with Crippen LogP contribution in [0.5, 0.6) is 0 Å². The zero-order chi connectivity index (χ0) is 12.2. The molecule has 3 heteroatoms. The lowest BCUT2D eigenvalue weighted by Gasteiger charge is -2.44. The van der Waals surface area contributed by atoms with Gasteiger partial charge < -0.3 is 0 Å². The summed E-state index contributed by atoms with van der Waals surface area (Å²) in [5, 5.41) is 3.84. The van der Waals surface area contributed by atoms with Gasteiger partial charge in [0.25, 0.3) is 0 Å². The summed E-state index contributed by atoms with van der Waals surface area (Å²) >= 11 is 0. The van der Waals surface area contributed by atoms with E-state index in [0.29, 0.717) is 10.8 Å². The summed E-state index contributed by atoms with van der Waals surface area (Å²) in [5.74, 6) is 0. The predicted octanol–water partition coefficient (Wildman–Crippen LogP) is 5.07. The Labute approximate surface area is 99.2 Å². The molecule has 0 N–H and O–H groups in total. The molecule has 1 unspecified atom stereocenters. The van der Waals surface area contributed by atoms with Crippen LogP contribution in [-0.4, -0.2) is 6.04 Å². The third-order valence-corrected chi connectivity index (χ3v) is 4.66. The van der Waals surface area contributed by atoms with Crippen molar-refractivity contribution in [1.82, 2.24) is 0 Å². The first-order chi connectivity index (χ1) is 7.41. The summed E-state index contributed by atoms with van der Waals surface area (Å²) in [4.78, 5) is 2.93. The molecule has 0 aliphatic heterocycles. The SMILES string of the molecule is C[C@@H](CC1(C)CCCCCC1(C)C)N=[N+]=[N-]. The third kappa shape index (κ3) is 2.91. The van der Waals surface area contributed by atoms with Gasteiger partial charge in [0.1, 0.15) is 0 Å². The van der Waals surface area contributed by atoms with E-state index in [2.05, 4.69) is 30.8 Å². The summed E-state index contributed by atoms with van der Waals surface area (Å²) in [6.45, 7) is 9.16. The molecule has 3 nitrogen and oxygen atoms in total. The van der Waals surface area contributed by atoms with Crippen LogP contribution in [0, 0.1) is 10.8 Å². The van der Waals surface area contributed by atoms with Crippen LogP contribution in [0.4, 0.5) is 0 Å². The van der Waals surface area contributed by atoms with Gasteiger partial charge in [-0.25, -0.2) is 0 Å². The van der Waals surface area contributed by atoms with Crippen LogP contribution >= 0.6 is 0 Å². The van der Waals surface area contributed by atoms with Gasteiger partial charge >= 0.3 is 0 Å². The van der Waals surface area contributed by atoms with Crippen LogP contribution in [0.1, 0.15) is 66.2 Å². The van der Waals surface area contributed by atoms with E-state index in [1.807, 2.05) is 6.92 Å². The minimum absolute atomic E-state index is 0.118. The van der Waals surface area contributed by atoms with E-state index in [0.717, 1.165) is 6.42 Å². The van der Waals surface area contributed by atoms with Crippen LogP contribution in [0.3, 0.4) is 0 Å². The second-order valence-corrected chi connectivity index (χ2v) is 6.26. The average Bonchev–Trinajstić information content (AvgIpc) is 2.27. The Bertz CT molecular complexity index is 279. The molecule has 0 aromatic heterocycles. The van der Waals surface area contributed by atoms with E-state index in [-0.39, 0.29) is 6.04 Å². The Balaban J connectivity index is 2.81. The van der Waals surface area contributed by atoms with Gasteiger partial charge in [-0.15, -0.1) is 0 Å². The monoisotopic (exact) mass is 223 g/mol. The maximum absolute atomic E-state index is 8.49. The van der Waals surface area contributed by atoms with Crippen molar-refractivity contribution in [3.05, 3.63) is 10.4 Å². The third-order valence-electron chi connectivity index (χ3n) is 4.66. The Morgan fingerprint density at radius 2 is 1.81 bits per heavy atom. The second kappa shape index (κ2) is 5.09. The summed E-state index contributed by atoms with van der Waals surface area (Å²) in [6.07, 6.45) is 7.61. The summed E-state index contributed by atoms with van der Waals surface area (Å²) in [5.41, 5.74) is 9.17. The van der Waals surface area contributed by atoms with Gasteiger partial charge in [-0.1, -0.05) is 52.1 Å². The molecule has 92 valence electrons. The molecule has 1 fully saturated rings. The molecule has 1 rings (SSSR count). The lowest BCUT2D eigenvalue weighted by Crippen LogP contribution is -2.36. The number of azide groups is 1. The minimum Gasteiger partial charge on any atom is -0.0909 e. The smallest absolute Gasteiger partial charge is 0.0351 e. The van der Waals surface area contributed by atoms with Crippen molar-refractivity contribution in [1.29, 1.82) is 0 Å². The van der Waals surface area contributed by atoms with Crippen LogP contribution in [-0.2, 0) is 0 Å². The molecule has 0 aromatic rings. The standard InChI is InChI=1S/C13H25N3/c1-11(15-16-14)10-13(4)9-7-5-6-8-12(13,2)3/h11H,5-10H2,1-4H3/t11-,13?/m0/s1. The molecular formula is C13H25N3. The van der Waals surface area contributed by atoms with Crippen LogP contribution < -0.4 is 0 Å². The Kier molecular flexibility index (Phi) is 4.26. The van der Waals surface area contributed by atoms with Gasteiger partial charge in [-0.3, -0.25) is 0 Å². The molecule has 0 spiro atoms. The number of hydrogen-bond donors (Lipinski definition) is 0. The van der Waals surface area contributed by atoms with E-state index in [1.165, 1.54) is 32.1 Å². The van der Waals surface area contributed by atoms with Gasteiger partial charge in [0, 0.05) is 11.0 Å². The van der Waals surface area contributed by atoms with E-state index in [1.54, 1.807) is 0 Å². The van der Waals surface area contributed by atoms with Crippen molar-refractivity contribution in [2.45, 2.75) is 72.3 Å². The fraction of sp³-hybridized carbons (Fsp3) is 1.00. The molecule has 16 heavy (non-hydrogen) atoms. The van der Waals surface area contributed by atoms with Gasteiger partial charge in [0.2, 0.25) is 0 Å². The molecule has 0 amide bonds. The van der Waals surface area contributed by atoms with Gasteiger partial charge in [0.15, 0.2) is 0 Å². The average molecular weight is 223 g/mol. The van der Waals surface area contributed by atoms with Gasteiger partial charge in [-0.05, 0) is 35.6 Å². The molecule has 1 aliphatic rings. The maximum Gasteiger partial charge on any atom is 0.0351 e. The van der Waals surface area contributed by atoms with E-state index in [4.69, 9.17) is 5.53 Å². The van der Waals surface area contributed by atoms with Crippen molar-refractivity contribution in [3.8, 4) is 0 Å². The van der Waals surface area contributed by atoms with Gasteiger partial charge in [0.05, 0.1) is 0 Å². The van der Waals surface area contributed by atoms with Crippen molar-refractivity contribution in [2.24, 2.45) is 15.9 Å². The summed E-state index contributed by atoms with van der Waals surface area (Å²) < 4.78 is 0. The lowest BCUT2D eigenvalue weighted by atomic mass is 9.61. The molecule has 1 aliphatic carbocycles. The molecule has 2 atom stereocenters. The molecule has 0 aromatic carbocycles. The van der Waals surface area contributed by atoms with E-state index in [9.17, 15) is 0 Å². The molecule has 0 saturated heterocycles. The van der Waals surface area contributed by atoms with E-state index < -0.39 is 0 Å². The molecule has 0 bridgehead atoms. The number of nitrogens with zero attached hydrogens (tertiary/aromatic N) is 3. The quantitative estimate of drug-likeness (QED) is 0.277. The zero-order valence-corrected chi connectivity index (χ0v) is 11.2. The van der Waals surface area contributed by atoms with Crippen LogP contribution in [0.25, 0.3) is 10.4 Å². The summed E-state index contributed by atoms with van der Waals surface area (Å²) in [6, 6.07) is 0.118. The highest BCUT2D eigenvalue weighted by molar-refractivity contribution is 4.93.